The van der Waals surface area contributed by atoms with Crippen molar-refractivity contribution in [3.05, 3.63) is 53.6 Å². The Bertz CT molecular complexity index is 763. The molecular formula is C16H13F4N3OS. The van der Waals surface area contributed by atoms with Gasteiger partial charge in [-0.05, 0) is 36.6 Å². The second-order valence-corrected chi connectivity index (χ2v) is 6.63. The van der Waals surface area contributed by atoms with Crippen LogP contribution in [0.2, 0.25) is 0 Å². The Morgan fingerprint density at radius 2 is 1.88 bits per heavy atom. The maximum atomic E-state index is 13.1. The maximum absolute atomic E-state index is 13.1. The van der Waals surface area contributed by atoms with E-state index >= 15 is 0 Å². The summed E-state index contributed by atoms with van der Waals surface area (Å²) < 4.78 is 51.5. The number of aromatic nitrogens is 2. The van der Waals surface area contributed by atoms with E-state index in [1.165, 1.54) is 24.3 Å². The molecule has 25 heavy (non-hydrogen) atoms. The lowest BCUT2D eigenvalue weighted by molar-refractivity contribution is -0.141. The molecule has 1 unspecified atom stereocenters. The van der Waals surface area contributed by atoms with Crippen LogP contribution >= 0.6 is 11.8 Å². The fourth-order valence-electron chi connectivity index (χ4n) is 2.08. The first-order valence-electron chi connectivity index (χ1n) is 7.45. The minimum absolute atomic E-state index is 0.0819. The Balaban J connectivity index is 1.86. The zero-order valence-electron chi connectivity index (χ0n) is 12.8. The number of thioether (sulfide) groups is 1. The molecule has 1 N–H and O–H groups in total. The lowest BCUT2D eigenvalue weighted by Gasteiger charge is -2.16. The first-order valence-corrected chi connectivity index (χ1v) is 8.33. The highest BCUT2D eigenvalue weighted by Crippen LogP contribution is 2.36. The molecule has 0 aliphatic heterocycles. The van der Waals surface area contributed by atoms with Gasteiger partial charge in [0.05, 0.1) is 0 Å². The summed E-state index contributed by atoms with van der Waals surface area (Å²) in [5.74, 6) is -0.828. The largest absolute Gasteiger partial charge is 0.433 e. The Morgan fingerprint density at radius 1 is 1.20 bits per heavy atom. The van der Waals surface area contributed by atoms with Crippen LogP contribution in [0.15, 0.2) is 41.7 Å². The van der Waals surface area contributed by atoms with Crippen LogP contribution < -0.4 is 5.32 Å². The van der Waals surface area contributed by atoms with Gasteiger partial charge in [-0.3, -0.25) is 4.79 Å². The van der Waals surface area contributed by atoms with Crippen molar-refractivity contribution in [3.8, 4) is 0 Å². The Morgan fingerprint density at radius 3 is 2.48 bits per heavy atom. The third-order valence-corrected chi connectivity index (χ3v) is 4.61. The monoisotopic (exact) mass is 371 g/mol. The van der Waals surface area contributed by atoms with Crippen molar-refractivity contribution in [2.75, 3.05) is 0 Å². The van der Waals surface area contributed by atoms with E-state index in [1.54, 1.807) is 0 Å². The summed E-state index contributed by atoms with van der Waals surface area (Å²) in [4.78, 5) is 19.7. The number of hydrogen-bond acceptors (Lipinski definition) is 4. The van der Waals surface area contributed by atoms with E-state index in [-0.39, 0.29) is 17.1 Å². The molecule has 1 heterocycles. The number of nitrogens with one attached hydrogen (secondary N) is 1. The molecule has 132 valence electrons. The second-order valence-electron chi connectivity index (χ2n) is 5.55. The van der Waals surface area contributed by atoms with Gasteiger partial charge in [0, 0.05) is 12.2 Å². The summed E-state index contributed by atoms with van der Waals surface area (Å²) >= 11 is 0.799. The molecule has 0 saturated heterocycles. The minimum atomic E-state index is -4.60. The predicted molar refractivity (Wildman–Crippen MR) is 83.2 cm³/mol. The number of halogens is 4. The number of rotatable bonds is 5. The fraction of sp³-hybridized carbons (Fsp3) is 0.312. The molecule has 0 spiro atoms. The van der Waals surface area contributed by atoms with Crippen molar-refractivity contribution in [2.45, 2.75) is 35.5 Å². The summed E-state index contributed by atoms with van der Waals surface area (Å²) in [5.41, 5.74) is -0.615. The summed E-state index contributed by atoms with van der Waals surface area (Å²) in [6.45, 7) is 0. The van der Waals surface area contributed by atoms with Gasteiger partial charge in [-0.25, -0.2) is 14.4 Å². The van der Waals surface area contributed by atoms with Crippen molar-refractivity contribution < 1.29 is 22.4 Å². The van der Waals surface area contributed by atoms with Crippen molar-refractivity contribution in [3.63, 3.8) is 0 Å². The number of amides is 1. The predicted octanol–water partition coefficient (Wildman–Crippen LogP) is 3.75. The number of carbonyl (C=O) groups is 1. The molecule has 1 aliphatic rings. The molecule has 9 heteroatoms. The second kappa shape index (κ2) is 6.99. The summed E-state index contributed by atoms with van der Waals surface area (Å²) in [5, 5.41) is 1.76. The van der Waals surface area contributed by atoms with Gasteiger partial charge in [0.1, 0.15) is 16.8 Å². The molecule has 2 aromatic rings. The van der Waals surface area contributed by atoms with Gasteiger partial charge < -0.3 is 5.32 Å². The van der Waals surface area contributed by atoms with E-state index in [9.17, 15) is 22.4 Å². The zero-order chi connectivity index (χ0) is 18.0. The maximum Gasteiger partial charge on any atom is 0.433 e. The number of hydrogen-bond donors (Lipinski definition) is 1. The Labute approximate surface area is 145 Å². The fourth-order valence-corrected chi connectivity index (χ4v) is 3.03. The molecule has 1 aromatic heterocycles. The molecule has 1 atom stereocenters. The van der Waals surface area contributed by atoms with Crippen molar-refractivity contribution >= 4 is 17.7 Å². The molecule has 1 aromatic carbocycles. The van der Waals surface area contributed by atoms with Crippen molar-refractivity contribution in [2.24, 2.45) is 0 Å². The molecule has 0 bridgehead atoms. The highest BCUT2D eigenvalue weighted by atomic mass is 32.2. The van der Waals surface area contributed by atoms with Gasteiger partial charge in [-0.2, -0.15) is 13.2 Å². The zero-order valence-corrected chi connectivity index (χ0v) is 13.6. The van der Waals surface area contributed by atoms with E-state index in [2.05, 4.69) is 15.3 Å². The van der Waals surface area contributed by atoms with Crippen molar-refractivity contribution in [1.29, 1.82) is 0 Å². The Kier molecular flexibility index (Phi) is 4.94. The molecule has 1 saturated carbocycles. The smallest absolute Gasteiger partial charge is 0.352 e. The average molecular weight is 371 g/mol. The van der Waals surface area contributed by atoms with Crippen LogP contribution in [-0.2, 0) is 11.0 Å². The number of alkyl halides is 3. The van der Waals surface area contributed by atoms with Crippen LogP contribution in [0.25, 0.3) is 0 Å². The summed E-state index contributed by atoms with van der Waals surface area (Å²) in [6, 6.07) is 6.08. The van der Waals surface area contributed by atoms with Crippen LogP contribution in [0.5, 0.6) is 0 Å². The highest BCUT2D eigenvalue weighted by Gasteiger charge is 2.34. The molecule has 4 nitrogen and oxygen atoms in total. The highest BCUT2D eigenvalue weighted by molar-refractivity contribution is 8.00. The van der Waals surface area contributed by atoms with Gasteiger partial charge in [0.2, 0.25) is 5.91 Å². The number of carbonyl (C=O) groups excluding carboxylic acids is 1. The SMILES string of the molecule is O=C(NC1CC1)C(Sc1nccc(C(F)(F)F)n1)c1ccc(F)cc1. The van der Waals surface area contributed by atoms with Gasteiger partial charge in [0.25, 0.3) is 0 Å². The van der Waals surface area contributed by atoms with E-state index < -0.39 is 22.9 Å². The Hall–Kier alpha value is -2.16. The van der Waals surface area contributed by atoms with Crippen LogP contribution in [0, 0.1) is 5.82 Å². The lowest BCUT2D eigenvalue weighted by Crippen LogP contribution is -2.29. The molecule has 1 fully saturated rings. The third-order valence-electron chi connectivity index (χ3n) is 3.48. The molecular weight excluding hydrogens is 358 g/mol. The third kappa shape index (κ3) is 4.68. The average Bonchev–Trinajstić information content (AvgIpc) is 3.37. The lowest BCUT2D eigenvalue weighted by atomic mass is 10.1. The number of benzene rings is 1. The molecule has 1 aliphatic carbocycles. The topological polar surface area (TPSA) is 54.9 Å². The first-order chi connectivity index (χ1) is 11.8. The van der Waals surface area contributed by atoms with Gasteiger partial charge in [0.15, 0.2) is 5.16 Å². The van der Waals surface area contributed by atoms with Crippen LogP contribution in [0.4, 0.5) is 17.6 Å². The van der Waals surface area contributed by atoms with Gasteiger partial charge >= 0.3 is 6.18 Å². The normalized spacial score (nSPS) is 15.7. The van der Waals surface area contributed by atoms with Crippen LogP contribution in [-0.4, -0.2) is 21.9 Å². The van der Waals surface area contributed by atoms with Crippen molar-refractivity contribution in [1.82, 2.24) is 15.3 Å². The van der Waals surface area contributed by atoms with E-state index in [0.717, 1.165) is 36.9 Å². The van der Waals surface area contributed by atoms with Gasteiger partial charge in [-0.15, -0.1) is 0 Å². The standard InChI is InChI=1S/C16H13F4N3OS/c17-10-3-1-9(2-4-10)13(14(24)22-11-5-6-11)25-15-21-8-7-12(23-15)16(18,19)20/h1-4,7-8,11,13H,5-6H2,(H,22,24). The molecule has 1 amide bonds. The van der Waals surface area contributed by atoms with E-state index in [0.29, 0.717) is 5.56 Å². The quantitative estimate of drug-likeness (QED) is 0.494. The molecule has 0 radical (unpaired) electrons. The summed E-state index contributed by atoms with van der Waals surface area (Å²) in [6.07, 6.45) is -1.86. The van der Waals surface area contributed by atoms with E-state index in [1.807, 2.05) is 0 Å². The molecule has 3 rings (SSSR count). The van der Waals surface area contributed by atoms with Crippen LogP contribution in [0.1, 0.15) is 29.3 Å². The number of nitrogens with zero attached hydrogens (tertiary/aromatic N) is 2. The summed E-state index contributed by atoms with van der Waals surface area (Å²) in [7, 11) is 0. The van der Waals surface area contributed by atoms with Crippen LogP contribution in [0.3, 0.4) is 0 Å². The first kappa shape index (κ1) is 17.7. The minimum Gasteiger partial charge on any atom is -0.352 e. The van der Waals surface area contributed by atoms with E-state index in [4.69, 9.17) is 0 Å². The van der Waals surface area contributed by atoms with Gasteiger partial charge in [-0.1, -0.05) is 23.9 Å².